The van der Waals surface area contributed by atoms with Gasteiger partial charge in [-0.15, -0.1) is 0 Å². The van der Waals surface area contributed by atoms with Crippen LogP contribution in [0.4, 0.5) is 0 Å². The third-order valence-corrected chi connectivity index (χ3v) is 3.23. The molecule has 4 heteroatoms. The zero-order chi connectivity index (χ0) is 14.4. The summed E-state index contributed by atoms with van der Waals surface area (Å²) >= 11 is 0. The number of hydrogen-bond donors (Lipinski definition) is 2. The molecule has 2 rings (SSSR count). The monoisotopic (exact) mass is 273 g/mol. The van der Waals surface area contributed by atoms with Crippen molar-refractivity contribution in [2.24, 2.45) is 0 Å². The zero-order valence-corrected chi connectivity index (χ0v) is 11.5. The van der Waals surface area contributed by atoms with Crippen LogP contribution in [0.2, 0.25) is 0 Å². The molecule has 0 aliphatic carbocycles. The molecule has 1 heterocycles. The Bertz CT molecular complexity index is 522. The molecular formula is C16H19NO3. The van der Waals surface area contributed by atoms with Gasteiger partial charge in [0.15, 0.2) is 11.5 Å². The largest absolute Gasteiger partial charge is 0.461 e. The molecule has 0 aliphatic rings. The van der Waals surface area contributed by atoms with Crippen molar-refractivity contribution < 1.29 is 14.3 Å². The Morgan fingerprint density at radius 1 is 1.25 bits per heavy atom. The molecule has 1 aromatic carbocycles. The summed E-state index contributed by atoms with van der Waals surface area (Å²) in [4.78, 5) is 11.7. The van der Waals surface area contributed by atoms with Crippen LogP contribution < -0.4 is 5.32 Å². The molecule has 20 heavy (non-hydrogen) atoms. The van der Waals surface area contributed by atoms with Crippen molar-refractivity contribution in [3.05, 3.63) is 60.1 Å². The van der Waals surface area contributed by atoms with E-state index in [0.29, 0.717) is 18.7 Å². The SMILES string of the molecule is CC(NCCC(=O)c1ccco1)C(O)c1ccccc1. The van der Waals surface area contributed by atoms with Crippen LogP contribution in [0.3, 0.4) is 0 Å². The average molecular weight is 273 g/mol. The average Bonchev–Trinajstić information content (AvgIpc) is 3.01. The second-order valence-corrected chi connectivity index (χ2v) is 4.75. The number of aliphatic hydroxyl groups is 1. The Balaban J connectivity index is 1.78. The van der Waals surface area contributed by atoms with Crippen molar-refractivity contribution in [2.75, 3.05) is 6.54 Å². The van der Waals surface area contributed by atoms with E-state index in [1.54, 1.807) is 12.1 Å². The third kappa shape index (κ3) is 3.79. The first-order chi connectivity index (χ1) is 9.68. The highest BCUT2D eigenvalue weighted by Gasteiger charge is 2.16. The van der Waals surface area contributed by atoms with Gasteiger partial charge < -0.3 is 14.8 Å². The molecule has 0 saturated heterocycles. The summed E-state index contributed by atoms with van der Waals surface area (Å²) in [6.07, 6.45) is 1.25. The van der Waals surface area contributed by atoms with Crippen LogP contribution in [0, 0.1) is 0 Å². The van der Waals surface area contributed by atoms with Gasteiger partial charge >= 0.3 is 0 Å². The van der Waals surface area contributed by atoms with Crippen molar-refractivity contribution in [1.29, 1.82) is 0 Å². The number of carbonyl (C=O) groups is 1. The molecule has 0 fully saturated rings. The van der Waals surface area contributed by atoms with Crippen molar-refractivity contribution in [2.45, 2.75) is 25.5 Å². The first kappa shape index (κ1) is 14.5. The van der Waals surface area contributed by atoms with Crippen molar-refractivity contribution >= 4 is 5.78 Å². The predicted molar refractivity (Wildman–Crippen MR) is 76.5 cm³/mol. The Morgan fingerprint density at radius 2 is 2.00 bits per heavy atom. The van der Waals surface area contributed by atoms with Gasteiger partial charge in [0.05, 0.1) is 12.4 Å². The van der Waals surface area contributed by atoms with E-state index >= 15 is 0 Å². The van der Waals surface area contributed by atoms with Gasteiger partial charge in [0.1, 0.15) is 0 Å². The summed E-state index contributed by atoms with van der Waals surface area (Å²) in [5.41, 5.74) is 0.866. The van der Waals surface area contributed by atoms with Gasteiger partial charge in [-0.25, -0.2) is 0 Å². The first-order valence-electron chi connectivity index (χ1n) is 6.71. The van der Waals surface area contributed by atoms with E-state index in [9.17, 15) is 9.90 Å². The number of ketones is 1. The highest BCUT2D eigenvalue weighted by Crippen LogP contribution is 2.16. The Hall–Kier alpha value is -1.91. The van der Waals surface area contributed by atoms with Crippen LogP contribution in [0.15, 0.2) is 53.1 Å². The molecule has 4 nitrogen and oxygen atoms in total. The maximum atomic E-state index is 11.7. The number of rotatable bonds is 7. The fraction of sp³-hybridized carbons (Fsp3) is 0.312. The summed E-state index contributed by atoms with van der Waals surface area (Å²) < 4.78 is 5.04. The van der Waals surface area contributed by atoms with E-state index in [-0.39, 0.29) is 11.8 Å². The highest BCUT2D eigenvalue weighted by molar-refractivity contribution is 5.93. The van der Waals surface area contributed by atoms with E-state index in [2.05, 4.69) is 5.32 Å². The molecule has 0 radical (unpaired) electrons. The van der Waals surface area contributed by atoms with Gasteiger partial charge in [-0.05, 0) is 24.6 Å². The van der Waals surface area contributed by atoms with Gasteiger partial charge in [0.25, 0.3) is 0 Å². The standard InChI is InChI=1S/C16H19NO3/c1-12(16(19)13-6-3-2-4-7-13)17-10-9-14(18)15-8-5-11-20-15/h2-8,11-12,16-17,19H,9-10H2,1H3. The summed E-state index contributed by atoms with van der Waals surface area (Å²) in [7, 11) is 0. The van der Waals surface area contributed by atoms with Crippen molar-refractivity contribution in [3.63, 3.8) is 0 Å². The number of benzene rings is 1. The zero-order valence-electron chi connectivity index (χ0n) is 11.5. The number of Topliss-reactive ketones (excluding diaryl/α,β-unsaturated/α-hetero) is 1. The van der Waals surface area contributed by atoms with E-state index in [4.69, 9.17) is 4.42 Å². The summed E-state index contributed by atoms with van der Waals surface area (Å²) in [6, 6.07) is 12.7. The fourth-order valence-corrected chi connectivity index (χ4v) is 2.02. The van der Waals surface area contributed by atoms with Crippen LogP contribution >= 0.6 is 0 Å². The lowest BCUT2D eigenvalue weighted by atomic mass is 10.0. The molecular weight excluding hydrogens is 254 g/mol. The van der Waals surface area contributed by atoms with Gasteiger partial charge in [-0.3, -0.25) is 4.79 Å². The normalized spacial score (nSPS) is 13.9. The van der Waals surface area contributed by atoms with Crippen molar-refractivity contribution in [1.82, 2.24) is 5.32 Å². The number of hydrogen-bond acceptors (Lipinski definition) is 4. The maximum Gasteiger partial charge on any atom is 0.199 e. The van der Waals surface area contributed by atoms with Gasteiger partial charge in [0, 0.05) is 19.0 Å². The topological polar surface area (TPSA) is 62.5 Å². The summed E-state index contributed by atoms with van der Waals surface area (Å²) in [5.74, 6) is 0.340. The quantitative estimate of drug-likeness (QED) is 0.761. The summed E-state index contributed by atoms with van der Waals surface area (Å²) in [5, 5.41) is 13.3. The van der Waals surface area contributed by atoms with Crippen LogP contribution in [0.5, 0.6) is 0 Å². The second-order valence-electron chi connectivity index (χ2n) is 4.75. The maximum absolute atomic E-state index is 11.7. The minimum atomic E-state index is -0.588. The van der Waals surface area contributed by atoms with E-state index in [1.165, 1.54) is 6.26 Å². The minimum absolute atomic E-state index is 0.0381. The third-order valence-electron chi connectivity index (χ3n) is 3.23. The molecule has 2 N–H and O–H groups in total. The van der Waals surface area contributed by atoms with Gasteiger partial charge in [-0.1, -0.05) is 30.3 Å². The number of aliphatic hydroxyl groups excluding tert-OH is 1. The van der Waals surface area contributed by atoms with Gasteiger partial charge in [-0.2, -0.15) is 0 Å². The lowest BCUT2D eigenvalue weighted by molar-refractivity contribution is 0.0946. The molecule has 106 valence electrons. The smallest absolute Gasteiger partial charge is 0.199 e. The van der Waals surface area contributed by atoms with Crippen LogP contribution in [-0.2, 0) is 0 Å². The lowest BCUT2D eigenvalue weighted by Gasteiger charge is -2.20. The Morgan fingerprint density at radius 3 is 2.65 bits per heavy atom. The predicted octanol–water partition coefficient (Wildman–Crippen LogP) is 2.56. The molecule has 2 aromatic rings. The Kier molecular flexibility index (Phi) is 5.09. The molecule has 2 unspecified atom stereocenters. The van der Waals surface area contributed by atoms with E-state index in [0.717, 1.165) is 5.56 Å². The van der Waals surface area contributed by atoms with Gasteiger partial charge in [0.2, 0.25) is 0 Å². The number of carbonyl (C=O) groups excluding carboxylic acids is 1. The molecule has 2 atom stereocenters. The van der Waals surface area contributed by atoms with E-state index in [1.807, 2.05) is 37.3 Å². The fourth-order valence-electron chi connectivity index (χ4n) is 2.02. The van der Waals surface area contributed by atoms with Crippen LogP contribution in [0.1, 0.15) is 35.6 Å². The molecule has 0 spiro atoms. The molecule has 0 saturated carbocycles. The van der Waals surface area contributed by atoms with Crippen molar-refractivity contribution in [3.8, 4) is 0 Å². The Labute approximate surface area is 118 Å². The highest BCUT2D eigenvalue weighted by atomic mass is 16.3. The lowest BCUT2D eigenvalue weighted by Crippen LogP contribution is -2.33. The molecule has 0 amide bonds. The minimum Gasteiger partial charge on any atom is -0.461 e. The molecule has 0 aliphatic heterocycles. The molecule has 0 bridgehead atoms. The number of furan rings is 1. The van der Waals surface area contributed by atoms with Crippen LogP contribution in [0.25, 0.3) is 0 Å². The number of nitrogens with one attached hydrogen (secondary N) is 1. The first-order valence-corrected chi connectivity index (χ1v) is 6.71. The molecule has 1 aromatic heterocycles. The summed E-state index contributed by atoms with van der Waals surface area (Å²) in [6.45, 7) is 2.40. The second kappa shape index (κ2) is 7.03. The van der Waals surface area contributed by atoms with E-state index < -0.39 is 6.10 Å². The van der Waals surface area contributed by atoms with Crippen LogP contribution in [-0.4, -0.2) is 23.5 Å².